The fraction of sp³-hybridized carbons (Fsp3) is 0. The van der Waals surface area contributed by atoms with E-state index in [0.29, 0.717) is 0 Å². The van der Waals surface area contributed by atoms with Crippen molar-refractivity contribution in [1.82, 2.24) is 15.0 Å². The van der Waals surface area contributed by atoms with Gasteiger partial charge in [0, 0.05) is 46.0 Å². The van der Waals surface area contributed by atoms with E-state index in [1.54, 1.807) is 12.4 Å². The van der Waals surface area contributed by atoms with Crippen LogP contribution in [0.25, 0.3) is 33.6 Å². The van der Waals surface area contributed by atoms with Crippen molar-refractivity contribution in [3.63, 3.8) is 0 Å². The van der Waals surface area contributed by atoms with Gasteiger partial charge in [-0.15, -0.1) is 0 Å². The maximum Gasteiger partial charge on any atom is 0.0731 e. The van der Waals surface area contributed by atoms with Gasteiger partial charge in [0.15, 0.2) is 0 Å². The molecule has 0 aliphatic carbocycles. The van der Waals surface area contributed by atoms with E-state index in [1.807, 2.05) is 42.7 Å². The summed E-state index contributed by atoms with van der Waals surface area (Å²) in [4.78, 5) is 13.3. The van der Waals surface area contributed by atoms with Crippen LogP contribution in [-0.4, -0.2) is 15.0 Å². The lowest BCUT2D eigenvalue weighted by Crippen LogP contribution is -1.92. The molecular weight excluding hydrogens is 374 g/mol. The minimum absolute atomic E-state index is 0.893. The molecule has 3 heterocycles. The van der Waals surface area contributed by atoms with Gasteiger partial charge in [0.05, 0.1) is 11.4 Å². The van der Waals surface area contributed by atoms with Crippen molar-refractivity contribution in [2.75, 3.05) is 0 Å². The second kappa shape index (κ2) is 6.95. The van der Waals surface area contributed by atoms with Gasteiger partial charge >= 0.3 is 0 Å². The summed E-state index contributed by atoms with van der Waals surface area (Å²) in [7, 11) is 0. The van der Waals surface area contributed by atoms with Crippen molar-refractivity contribution in [3.05, 3.63) is 89.9 Å². The molecule has 3 aromatic heterocycles. The Bertz CT molecular complexity index is 944. The summed E-state index contributed by atoms with van der Waals surface area (Å²) in [5.41, 5.74) is 6.00. The van der Waals surface area contributed by atoms with Crippen LogP contribution < -0.4 is 0 Å². The Labute approximate surface area is 154 Å². The first-order valence-corrected chi connectivity index (χ1v) is 8.68. The highest BCUT2D eigenvalue weighted by Crippen LogP contribution is 2.30. The number of hydrogen-bond donors (Lipinski definition) is 0. The Morgan fingerprint density at radius 2 is 1.24 bits per heavy atom. The minimum Gasteiger partial charge on any atom is -0.264 e. The molecule has 4 rings (SSSR count). The second-order valence-corrected chi connectivity index (χ2v) is 6.54. The van der Waals surface area contributed by atoms with Gasteiger partial charge < -0.3 is 0 Å². The van der Waals surface area contributed by atoms with Gasteiger partial charge in [-0.25, -0.2) is 4.98 Å². The van der Waals surface area contributed by atoms with Crippen LogP contribution in [-0.2, 0) is 0 Å². The maximum atomic E-state index is 4.86. The van der Waals surface area contributed by atoms with Gasteiger partial charge in [0.2, 0.25) is 0 Å². The predicted octanol–water partition coefficient (Wildman–Crippen LogP) is 5.64. The molecule has 0 aliphatic heterocycles. The van der Waals surface area contributed by atoms with Crippen LogP contribution >= 0.6 is 15.9 Å². The van der Waals surface area contributed by atoms with Crippen LogP contribution in [0.15, 0.2) is 89.9 Å². The van der Waals surface area contributed by atoms with E-state index < -0.39 is 0 Å². The number of hydrogen-bond acceptors (Lipinski definition) is 3. The van der Waals surface area contributed by atoms with Gasteiger partial charge in [0.25, 0.3) is 0 Å². The van der Waals surface area contributed by atoms with E-state index in [-0.39, 0.29) is 0 Å². The minimum atomic E-state index is 0.893. The van der Waals surface area contributed by atoms with E-state index in [0.717, 1.165) is 38.1 Å². The summed E-state index contributed by atoms with van der Waals surface area (Å²) in [6.07, 6.45) is 7.25. The van der Waals surface area contributed by atoms with Crippen LogP contribution in [0, 0.1) is 0 Å². The van der Waals surface area contributed by atoms with Crippen molar-refractivity contribution in [2.45, 2.75) is 0 Å². The van der Waals surface area contributed by atoms with Gasteiger partial charge in [-0.1, -0.05) is 34.1 Å². The lowest BCUT2D eigenvalue weighted by Gasteiger charge is -2.10. The Kier molecular flexibility index (Phi) is 4.36. The van der Waals surface area contributed by atoms with Gasteiger partial charge in [-0.3, -0.25) is 9.97 Å². The lowest BCUT2D eigenvalue weighted by molar-refractivity contribution is 1.27. The quantitative estimate of drug-likeness (QED) is 0.456. The number of halogens is 1. The fourth-order valence-corrected chi connectivity index (χ4v) is 3.09. The van der Waals surface area contributed by atoms with Gasteiger partial charge in [-0.05, 0) is 48.0 Å². The summed E-state index contributed by atoms with van der Waals surface area (Å²) < 4.78 is 1.03. The van der Waals surface area contributed by atoms with Crippen molar-refractivity contribution in [1.29, 1.82) is 0 Å². The molecule has 0 aliphatic rings. The van der Waals surface area contributed by atoms with E-state index in [1.165, 1.54) is 0 Å². The number of nitrogens with zero attached hydrogens (tertiary/aromatic N) is 3. The molecule has 3 nitrogen and oxygen atoms in total. The van der Waals surface area contributed by atoms with Crippen LogP contribution in [0.3, 0.4) is 0 Å². The zero-order chi connectivity index (χ0) is 17.1. The lowest BCUT2D eigenvalue weighted by atomic mass is 10.0. The highest BCUT2D eigenvalue weighted by molar-refractivity contribution is 9.10. The molecule has 0 radical (unpaired) electrons. The number of rotatable bonds is 3. The van der Waals surface area contributed by atoms with Crippen LogP contribution in [0.5, 0.6) is 0 Å². The molecule has 0 fully saturated rings. The number of aromatic nitrogens is 3. The fourth-order valence-electron chi connectivity index (χ4n) is 2.69. The molecule has 0 saturated heterocycles. The third-order valence-corrected chi connectivity index (χ3v) is 4.39. The van der Waals surface area contributed by atoms with Crippen molar-refractivity contribution in [3.8, 4) is 33.6 Å². The molecule has 0 bridgehead atoms. The van der Waals surface area contributed by atoms with E-state index in [4.69, 9.17) is 4.98 Å². The third-order valence-electron chi connectivity index (χ3n) is 3.90. The van der Waals surface area contributed by atoms with E-state index in [2.05, 4.69) is 56.2 Å². The molecule has 0 spiro atoms. The molecule has 4 aromatic rings. The summed E-state index contributed by atoms with van der Waals surface area (Å²) in [6, 6.07) is 20.3. The monoisotopic (exact) mass is 387 g/mol. The molecule has 25 heavy (non-hydrogen) atoms. The van der Waals surface area contributed by atoms with E-state index >= 15 is 0 Å². The smallest absolute Gasteiger partial charge is 0.0731 e. The molecule has 0 amide bonds. The molecular formula is C21H14BrN3. The maximum absolute atomic E-state index is 4.86. The van der Waals surface area contributed by atoms with Crippen LogP contribution in [0.2, 0.25) is 0 Å². The second-order valence-electron chi connectivity index (χ2n) is 5.62. The number of benzene rings is 1. The van der Waals surface area contributed by atoms with Gasteiger partial charge in [0.1, 0.15) is 0 Å². The average Bonchev–Trinajstić information content (AvgIpc) is 2.69. The summed E-state index contributed by atoms with van der Waals surface area (Å²) in [6.45, 7) is 0. The normalized spacial score (nSPS) is 10.6. The summed E-state index contributed by atoms with van der Waals surface area (Å²) in [5, 5.41) is 0. The topological polar surface area (TPSA) is 38.7 Å². The molecule has 0 N–H and O–H groups in total. The molecule has 0 saturated carbocycles. The predicted molar refractivity (Wildman–Crippen MR) is 104 cm³/mol. The van der Waals surface area contributed by atoms with Crippen LogP contribution in [0.1, 0.15) is 0 Å². The van der Waals surface area contributed by atoms with Crippen molar-refractivity contribution in [2.24, 2.45) is 0 Å². The standard InChI is InChI=1S/C21H14BrN3/c22-19-7-1-4-15(10-19)20-11-18(16-5-2-8-23-13-16)12-21(25-20)17-6-3-9-24-14-17/h1-14H. The third kappa shape index (κ3) is 3.49. The Morgan fingerprint density at radius 3 is 1.88 bits per heavy atom. The summed E-state index contributed by atoms with van der Waals surface area (Å²) >= 11 is 3.54. The first kappa shape index (κ1) is 15.7. The van der Waals surface area contributed by atoms with Crippen molar-refractivity contribution < 1.29 is 0 Å². The largest absolute Gasteiger partial charge is 0.264 e. The molecule has 0 atom stereocenters. The number of pyridine rings is 3. The highest BCUT2D eigenvalue weighted by Gasteiger charge is 2.09. The zero-order valence-electron chi connectivity index (χ0n) is 13.3. The first-order chi connectivity index (χ1) is 12.3. The SMILES string of the molecule is Brc1cccc(-c2cc(-c3cccnc3)cc(-c3cccnc3)n2)c1. The zero-order valence-corrected chi connectivity index (χ0v) is 14.9. The van der Waals surface area contributed by atoms with Crippen molar-refractivity contribution >= 4 is 15.9 Å². The molecule has 0 unspecified atom stereocenters. The van der Waals surface area contributed by atoms with Gasteiger partial charge in [-0.2, -0.15) is 0 Å². The first-order valence-electron chi connectivity index (χ1n) is 7.88. The highest BCUT2D eigenvalue weighted by atomic mass is 79.9. The Morgan fingerprint density at radius 1 is 0.600 bits per heavy atom. The van der Waals surface area contributed by atoms with E-state index in [9.17, 15) is 0 Å². The molecule has 4 heteroatoms. The molecule has 1 aromatic carbocycles. The van der Waals surface area contributed by atoms with Crippen LogP contribution in [0.4, 0.5) is 0 Å². The summed E-state index contributed by atoms with van der Waals surface area (Å²) in [5.74, 6) is 0. The average molecular weight is 388 g/mol. The Hall–Kier alpha value is -2.85. The Balaban J connectivity index is 1.92. The molecule has 120 valence electrons.